The van der Waals surface area contributed by atoms with E-state index >= 15 is 0 Å². The second-order valence-corrected chi connectivity index (χ2v) is 5.70. The molecule has 4 nitrogen and oxygen atoms in total. The number of ether oxygens (including phenoxy) is 2. The van der Waals surface area contributed by atoms with E-state index in [1.165, 1.54) is 0 Å². The number of halogens is 1. The highest BCUT2D eigenvalue weighted by molar-refractivity contribution is 6.30. The van der Waals surface area contributed by atoms with Gasteiger partial charge in [-0.3, -0.25) is 4.79 Å². The molecule has 0 heterocycles. The number of benzene rings is 2. The fourth-order valence-corrected chi connectivity index (χ4v) is 2.45. The van der Waals surface area contributed by atoms with E-state index in [0.29, 0.717) is 29.7 Å². The molecule has 5 heteroatoms. The molecule has 2 aromatic carbocycles. The summed E-state index contributed by atoms with van der Waals surface area (Å²) in [4.78, 5) is 10.9. The number of carboxylic acids is 1. The topological polar surface area (TPSA) is 55.8 Å². The molecular formula is C20H19ClO4. The van der Waals surface area contributed by atoms with Crippen molar-refractivity contribution in [3.8, 4) is 23.3 Å². The van der Waals surface area contributed by atoms with Gasteiger partial charge >= 0.3 is 5.97 Å². The molecule has 2 aromatic rings. The first kappa shape index (κ1) is 18.7. The van der Waals surface area contributed by atoms with Gasteiger partial charge in [0.25, 0.3) is 0 Å². The number of aliphatic carboxylic acids is 1. The Morgan fingerprint density at radius 2 is 1.80 bits per heavy atom. The van der Waals surface area contributed by atoms with Crippen molar-refractivity contribution in [2.24, 2.45) is 0 Å². The van der Waals surface area contributed by atoms with E-state index in [0.717, 1.165) is 5.56 Å². The van der Waals surface area contributed by atoms with E-state index in [2.05, 4.69) is 11.8 Å². The Labute approximate surface area is 152 Å². The molecular weight excluding hydrogens is 340 g/mol. The summed E-state index contributed by atoms with van der Waals surface area (Å²) in [7, 11) is 0. The van der Waals surface area contributed by atoms with Crippen molar-refractivity contribution in [1.29, 1.82) is 0 Å². The number of carboxylic acid groups (broad SMARTS) is 1. The average Bonchev–Trinajstić information content (AvgIpc) is 2.59. The van der Waals surface area contributed by atoms with Gasteiger partial charge in [0.2, 0.25) is 0 Å². The highest BCUT2D eigenvalue weighted by Gasteiger charge is 2.13. The summed E-state index contributed by atoms with van der Waals surface area (Å²) >= 11 is 5.89. The highest BCUT2D eigenvalue weighted by atomic mass is 35.5. The minimum Gasteiger partial charge on any atom is -0.490 e. The Hall–Kier alpha value is -2.64. The molecule has 0 aromatic heterocycles. The van der Waals surface area contributed by atoms with Gasteiger partial charge in [0.05, 0.1) is 12.3 Å². The normalized spacial score (nSPS) is 11.1. The first-order valence-electron chi connectivity index (χ1n) is 7.83. The maximum Gasteiger partial charge on any atom is 0.304 e. The molecule has 0 saturated carbocycles. The van der Waals surface area contributed by atoms with Crippen molar-refractivity contribution < 1.29 is 19.4 Å². The number of hydrogen-bond acceptors (Lipinski definition) is 3. The highest BCUT2D eigenvalue weighted by Crippen LogP contribution is 2.22. The van der Waals surface area contributed by atoms with E-state index in [9.17, 15) is 4.79 Å². The Balaban J connectivity index is 1.85. The predicted molar refractivity (Wildman–Crippen MR) is 97.3 cm³/mol. The standard InChI is InChI=1S/C20H19ClO4/c1-2-4-16(13-20(22)23)15-7-9-18(10-8-15)24-11-12-25-19-6-3-5-17(21)14-19/h3,5-10,14,16H,11-13H2,1H3,(H,22,23). The van der Waals surface area contributed by atoms with Gasteiger partial charge in [-0.2, -0.15) is 0 Å². The molecule has 2 rings (SSSR count). The van der Waals surface area contributed by atoms with Crippen LogP contribution in [0.15, 0.2) is 48.5 Å². The summed E-state index contributed by atoms with van der Waals surface area (Å²) in [5, 5.41) is 9.59. The molecule has 1 N–H and O–H groups in total. The lowest BCUT2D eigenvalue weighted by Crippen LogP contribution is -2.09. The van der Waals surface area contributed by atoms with Crippen LogP contribution in [0.3, 0.4) is 0 Å². The first-order chi connectivity index (χ1) is 12.1. The second kappa shape index (κ2) is 9.61. The molecule has 0 saturated heterocycles. The predicted octanol–water partition coefficient (Wildman–Crippen LogP) is 4.38. The van der Waals surface area contributed by atoms with Crippen LogP contribution in [0.25, 0.3) is 0 Å². The van der Waals surface area contributed by atoms with Crippen molar-refractivity contribution in [3.05, 3.63) is 59.1 Å². The maximum absolute atomic E-state index is 10.9. The van der Waals surface area contributed by atoms with Crippen molar-refractivity contribution in [1.82, 2.24) is 0 Å². The minimum absolute atomic E-state index is 0.0193. The summed E-state index contributed by atoms with van der Waals surface area (Å²) in [6, 6.07) is 14.5. The van der Waals surface area contributed by atoms with Gasteiger partial charge in [0, 0.05) is 5.02 Å². The lowest BCUT2D eigenvalue weighted by molar-refractivity contribution is -0.137. The van der Waals surface area contributed by atoms with Crippen LogP contribution in [0.2, 0.25) is 5.02 Å². The zero-order valence-electron chi connectivity index (χ0n) is 13.9. The van der Waals surface area contributed by atoms with E-state index in [1.807, 2.05) is 24.3 Å². The zero-order valence-corrected chi connectivity index (χ0v) is 14.6. The monoisotopic (exact) mass is 358 g/mol. The van der Waals surface area contributed by atoms with Gasteiger partial charge in [-0.15, -0.1) is 5.92 Å². The van der Waals surface area contributed by atoms with Crippen LogP contribution in [0.1, 0.15) is 24.8 Å². The molecule has 0 aliphatic heterocycles. The van der Waals surface area contributed by atoms with Crippen molar-refractivity contribution >= 4 is 17.6 Å². The third-order valence-electron chi connectivity index (χ3n) is 3.40. The van der Waals surface area contributed by atoms with Gasteiger partial charge in [-0.25, -0.2) is 0 Å². The Morgan fingerprint density at radius 1 is 1.12 bits per heavy atom. The molecule has 0 spiro atoms. The quantitative estimate of drug-likeness (QED) is 0.562. The molecule has 0 aliphatic carbocycles. The van der Waals surface area contributed by atoms with Gasteiger partial charge < -0.3 is 14.6 Å². The first-order valence-corrected chi connectivity index (χ1v) is 8.21. The minimum atomic E-state index is -0.869. The van der Waals surface area contributed by atoms with E-state index < -0.39 is 5.97 Å². The third kappa shape index (κ3) is 6.40. The molecule has 0 radical (unpaired) electrons. The fourth-order valence-electron chi connectivity index (χ4n) is 2.27. The second-order valence-electron chi connectivity index (χ2n) is 5.27. The van der Waals surface area contributed by atoms with Crippen molar-refractivity contribution in [3.63, 3.8) is 0 Å². The third-order valence-corrected chi connectivity index (χ3v) is 3.63. The van der Waals surface area contributed by atoms with Crippen molar-refractivity contribution in [2.45, 2.75) is 19.3 Å². The molecule has 0 bridgehead atoms. The average molecular weight is 359 g/mol. The molecule has 0 aliphatic rings. The summed E-state index contributed by atoms with van der Waals surface area (Å²) in [5.41, 5.74) is 0.860. The number of rotatable bonds is 8. The largest absolute Gasteiger partial charge is 0.490 e. The van der Waals surface area contributed by atoms with Crippen LogP contribution in [0.5, 0.6) is 11.5 Å². The summed E-state index contributed by atoms with van der Waals surface area (Å²) in [6.45, 7) is 2.48. The molecule has 0 fully saturated rings. The maximum atomic E-state index is 10.9. The van der Waals surface area contributed by atoms with Gasteiger partial charge in [0.15, 0.2) is 0 Å². The molecule has 1 unspecified atom stereocenters. The van der Waals surface area contributed by atoms with E-state index in [1.54, 1.807) is 31.2 Å². The lowest BCUT2D eigenvalue weighted by atomic mass is 9.96. The van der Waals surface area contributed by atoms with Crippen molar-refractivity contribution in [2.75, 3.05) is 13.2 Å². The van der Waals surface area contributed by atoms with E-state index in [4.69, 9.17) is 26.2 Å². The SMILES string of the molecule is CC#CC(CC(=O)O)c1ccc(OCCOc2cccc(Cl)c2)cc1. The Morgan fingerprint density at radius 3 is 2.40 bits per heavy atom. The van der Waals surface area contributed by atoms with Crippen LogP contribution in [-0.4, -0.2) is 24.3 Å². The number of hydrogen-bond donors (Lipinski definition) is 1. The molecule has 25 heavy (non-hydrogen) atoms. The van der Waals surface area contributed by atoms with Gasteiger partial charge in [-0.05, 0) is 42.8 Å². The van der Waals surface area contributed by atoms with Crippen LogP contribution >= 0.6 is 11.6 Å². The van der Waals surface area contributed by atoms with Crippen LogP contribution < -0.4 is 9.47 Å². The van der Waals surface area contributed by atoms with Crippen LogP contribution in [0.4, 0.5) is 0 Å². The Bertz CT molecular complexity index is 759. The summed E-state index contributed by atoms with van der Waals surface area (Å²) in [5.74, 6) is 5.90. The lowest BCUT2D eigenvalue weighted by Gasteiger charge is -2.11. The van der Waals surface area contributed by atoms with Crippen LogP contribution in [0, 0.1) is 11.8 Å². The van der Waals surface area contributed by atoms with Crippen LogP contribution in [-0.2, 0) is 4.79 Å². The van der Waals surface area contributed by atoms with Gasteiger partial charge in [0.1, 0.15) is 24.7 Å². The zero-order chi connectivity index (χ0) is 18.1. The van der Waals surface area contributed by atoms with E-state index in [-0.39, 0.29) is 12.3 Å². The smallest absolute Gasteiger partial charge is 0.304 e. The van der Waals surface area contributed by atoms with Gasteiger partial charge in [-0.1, -0.05) is 35.7 Å². The molecule has 0 amide bonds. The summed E-state index contributed by atoms with van der Waals surface area (Å²) < 4.78 is 11.2. The molecule has 130 valence electrons. The Kier molecular flexibility index (Phi) is 7.18. The summed E-state index contributed by atoms with van der Waals surface area (Å²) in [6.07, 6.45) is -0.0193. The fraction of sp³-hybridized carbons (Fsp3) is 0.250. The number of carbonyl (C=O) groups is 1. The molecule has 1 atom stereocenters.